The molecule has 0 aliphatic rings. The Balaban J connectivity index is 2.24. The van der Waals surface area contributed by atoms with Crippen molar-refractivity contribution in [1.82, 2.24) is 4.98 Å². The van der Waals surface area contributed by atoms with Crippen molar-refractivity contribution in [2.24, 2.45) is 0 Å². The second kappa shape index (κ2) is 5.05. The number of nitrogen functional groups attached to an aromatic ring is 1. The Morgan fingerprint density at radius 2 is 2.06 bits per heavy atom. The number of pyridine rings is 1. The van der Waals surface area contributed by atoms with Gasteiger partial charge in [-0.25, -0.2) is 0 Å². The molecule has 88 valence electrons. The lowest BCUT2D eigenvalue weighted by Crippen LogP contribution is -1.96. The van der Waals surface area contributed by atoms with Gasteiger partial charge in [0.05, 0.1) is 12.8 Å². The highest BCUT2D eigenvalue weighted by Gasteiger charge is 2.04. The van der Waals surface area contributed by atoms with Crippen LogP contribution in [0.3, 0.4) is 0 Å². The van der Waals surface area contributed by atoms with Crippen LogP contribution in [-0.2, 0) is 0 Å². The van der Waals surface area contributed by atoms with Gasteiger partial charge in [0.25, 0.3) is 0 Å². The van der Waals surface area contributed by atoms with Gasteiger partial charge in [-0.3, -0.25) is 0 Å². The van der Waals surface area contributed by atoms with E-state index in [4.69, 9.17) is 15.2 Å². The van der Waals surface area contributed by atoms with Crippen LogP contribution in [-0.4, -0.2) is 12.1 Å². The Bertz CT molecular complexity index is 532. The maximum atomic E-state index is 5.67. The molecule has 17 heavy (non-hydrogen) atoms. The van der Waals surface area contributed by atoms with Crippen molar-refractivity contribution in [3.05, 3.63) is 40.9 Å². The molecule has 0 aliphatic heterocycles. The number of ether oxygens (including phenoxy) is 2. The molecule has 2 rings (SSSR count). The molecule has 2 N–H and O–H groups in total. The average Bonchev–Trinajstić information content (AvgIpc) is 2.32. The Labute approximate surface area is 108 Å². The first-order chi connectivity index (χ1) is 8.19. The first-order valence-electron chi connectivity index (χ1n) is 4.93. The minimum absolute atomic E-state index is 0.359. The summed E-state index contributed by atoms with van der Waals surface area (Å²) >= 11 is 3.37. The molecular formula is C12H11BrN2O2. The molecule has 1 aromatic heterocycles. The van der Waals surface area contributed by atoms with Crippen LogP contribution < -0.4 is 15.2 Å². The van der Waals surface area contributed by atoms with Crippen LogP contribution in [0.25, 0.3) is 0 Å². The van der Waals surface area contributed by atoms with E-state index < -0.39 is 0 Å². The highest BCUT2D eigenvalue weighted by molar-refractivity contribution is 9.10. The Morgan fingerprint density at radius 1 is 1.24 bits per heavy atom. The molecule has 0 amide bonds. The molecule has 0 bridgehead atoms. The number of benzene rings is 1. The fourth-order valence-corrected chi connectivity index (χ4v) is 1.68. The van der Waals surface area contributed by atoms with Crippen molar-refractivity contribution in [3.63, 3.8) is 0 Å². The average molecular weight is 295 g/mol. The summed E-state index contributed by atoms with van der Waals surface area (Å²) < 4.78 is 11.5. The summed E-state index contributed by atoms with van der Waals surface area (Å²) in [5.41, 5.74) is 6.15. The molecule has 0 saturated carbocycles. The zero-order valence-electron chi connectivity index (χ0n) is 9.18. The van der Waals surface area contributed by atoms with Crippen molar-refractivity contribution in [1.29, 1.82) is 0 Å². The normalized spacial score (nSPS) is 10.0. The van der Waals surface area contributed by atoms with Gasteiger partial charge in [-0.1, -0.05) is 22.0 Å². The van der Waals surface area contributed by atoms with Crippen LogP contribution in [0.5, 0.6) is 17.5 Å². The van der Waals surface area contributed by atoms with Crippen LogP contribution in [0.1, 0.15) is 0 Å². The van der Waals surface area contributed by atoms with Crippen molar-refractivity contribution >= 4 is 21.6 Å². The third kappa shape index (κ3) is 2.88. The van der Waals surface area contributed by atoms with Gasteiger partial charge in [0.1, 0.15) is 5.75 Å². The second-order valence-electron chi connectivity index (χ2n) is 3.31. The number of nitrogens with zero attached hydrogens (tertiary/aromatic N) is 1. The van der Waals surface area contributed by atoms with Gasteiger partial charge >= 0.3 is 0 Å². The fourth-order valence-electron chi connectivity index (χ4n) is 1.31. The molecule has 1 heterocycles. The van der Waals surface area contributed by atoms with Crippen molar-refractivity contribution in [2.75, 3.05) is 12.8 Å². The highest BCUT2D eigenvalue weighted by atomic mass is 79.9. The van der Waals surface area contributed by atoms with E-state index in [0.717, 1.165) is 4.47 Å². The van der Waals surface area contributed by atoms with Crippen LogP contribution in [0.15, 0.2) is 40.9 Å². The van der Waals surface area contributed by atoms with E-state index in [0.29, 0.717) is 23.2 Å². The first-order valence-corrected chi connectivity index (χ1v) is 5.72. The number of methoxy groups -OCH3 is 1. The maximum Gasteiger partial charge on any atom is 0.240 e. The lowest BCUT2D eigenvalue weighted by molar-refractivity contribution is 0.385. The number of aromatic nitrogens is 1. The summed E-state index contributed by atoms with van der Waals surface area (Å²) in [6.45, 7) is 0. The number of nitrogens with two attached hydrogens (primary N) is 1. The summed E-state index contributed by atoms with van der Waals surface area (Å²) in [6, 6.07) is 10.9. The molecule has 0 fully saturated rings. The van der Waals surface area contributed by atoms with Crippen LogP contribution in [0.2, 0.25) is 0 Å². The van der Waals surface area contributed by atoms with Gasteiger partial charge < -0.3 is 15.2 Å². The number of anilines is 1. The topological polar surface area (TPSA) is 57.4 Å². The van der Waals surface area contributed by atoms with E-state index in [-0.39, 0.29) is 0 Å². The van der Waals surface area contributed by atoms with E-state index in [1.54, 1.807) is 12.1 Å². The lowest BCUT2D eigenvalue weighted by atomic mass is 10.3. The summed E-state index contributed by atoms with van der Waals surface area (Å²) in [6.07, 6.45) is 0. The van der Waals surface area contributed by atoms with Crippen LogP contribution in [0, 0.1) is 0 Å². The Kier molecular flexibility index (Phi) is 3.49. The van der Waals surface area contributed by atoms with E-state index >= 15 is 0 Å². The standard InChI is InChI=1S/C12H11BrN2O2/c1-16-12-10(14)5-6-11(15-12)17-9-4-2-3-8(13)7-9/h2-7H,14H2,1H3. The molecule has 0 aliphatic carbocycles. The molecular weight excluding hydrogens is 284 g/mol. The number of hydrogen-bond donors (Lipinski definition) is 1. The predicted molar refractivity (Wildman–Crippen MR) is 69.4 cm³/mol. The van der Waals surface area contributed by atoms with Gasteiger partial charge in [0, 0.05) is 10.5 Å². The maximum absolute atomic E-state index is 5.67. The zero-order valence-corrected chi connectivity index (χ0v) is 10.8. The minimum Gasteiger partial charge on any atom is -0.479 e. The molecule has 2 aromatic rings. The molecule has 4 nitrogen and oxygen atoms in total. The first kappa shape index (κ1) is 11.7. The van der Waals surface area contributed by atoms with E-state index in [9.17, 15) is 0 Å². The summed E-state index contributed by atoms with van der Waals surface area (Å²) in [5.74, 6) is 1.49. The molecule has 0 unspecified atom stereocenters. The molecule has 0 atom stereocenters. The molecule has 1 aromatic carbocycles. The zero-order chi connectivity index (χ0) is 12.3. The van der Waals surface area contributed by atoms with Crippen molar-refractivity contribution in [3.8, 4) is 17.5 Å². The largest absolute Gasteiger partial charge is 0.479 e. The Morgan fingerprint density at radius 3 is 2.76 bits per heavy atom. The fraction of sp³-hybridized carbons (Fsp3) is 0.0833. The minimum atomic E-state index is 0.359. The highest BCUT2D eigenvalue weighted by Crippen LogP contribution is 2.26. The van der Waals surface area contributed by atoms with Crippen LogP contribution >= 0.6 is 15.9 Å². The van der Waals surface area contributed by atoms with E-state index in [1.165, 1.54) is 7.11 Å². The van der Waals surface area contributed by atoms with Gasteiger partial charge in [-0.15, -0.1) is 0 Å². The lowest BCUT2D eigenvalue weighted by Gasteiger charge is -2.07. The monoisotopic (exact) mass is 294 g/mol. The Hall–Kier alpha value is -1.75. The second-order valence-corrected chi connectivity index (χ2v) is 4.22. The molecule has 0 radical (unpaired) electrons. The third-order valence-corrected chi connectivity index (χ3v) is 2.57. The molecule has 0 saturated heterocycles. The molecule has 5 heteroatoms. The van der Waals surface area contributed by atoms with Gasteiger partial charge in [0.15, 0.2) is 0 Å². The van der Waals surface area contributed by atoms with Crippen molar-refractivity contribution < 1.29 is 9.47 Å². The van der Waals surface area contributed by atoms with E-state index in [1.807, 2.05) is 24.3 Å². The van der Waals surface area contributed by atoms with Crippen molar-refractivity contribution in [2.45, 2.75) is 0 Å². The summed E-state index contributed by atoms with van der Waals surface area (Å²) in [5, 5.41) is 0. The number of halogens is 1. The SMILES string of the molecule is COc1nc(Oc2cccc(Br)c2)ccc1N. The van der Waals surface area contributed by atoms with Gasteiger partial charge in [0.2, 0.25) is 11.8 Å². The smallest absolute Gasteiger partial charge is 0.240 e. The number of hydrogen-bond acceptors (Lipinski definition) is 4. The summed E-state index contributed by atoms with van der Waals surface area (Å²) in [7, 11) is 1.52. The quantitative estimate of drug-likeness (QED) is 0.944. The van der Waals surface area contributed by atoms with Gasteiger partial charge in [-0.2, -0.15) is 4.98 Å². The van der Waals surface area contributed by atoms with Crippen LogP contribution in [0.4, 0.5) is 5.69 Å². The predicted octanol–water partition coefficient (Wildman–Crippen LogP) is 3.23. The van der Waals surface area contributed by atoms with E-state index in [2.05, 4.69) is 20.9 Å². The summed E-state index contributed by atoms with van der Waals surface area (Å²) in [4.78, 5) is 4.13. The third-order valence-electron chi connectivity index (χ3n) is 2.08. The number of rotatable bonds is 3. The molecule has 0 spiro atoms. The van der Waals surface area contributed by atoms with Gasteiger partial charge in [-0.05, 0) is 24.3 Å².